The summed E-state index contributed by atoms with van der Waals surface area (Å²) in [6.07, 6.45) is 4.38. The molecule has 5 nitrogen and oxygen atoms in total. The number of aromatic nitrogens is 2. The second-order valence-electron chi connectivity index (χ2n) is 7.53. The Morgan fingerprint density at radius 1 is 1.12 bits per heavy atom. The van der Waals surface area contributed by atoms with Crippen molar-refractivity contribution < 1.29 is 4.74 Å². The van der Waals surface area contributed by atoms with E-state index in [0.717, 1.165) is 31.7 Å². The van der Waals surface area contributed by atoms with Crippen LogP contribution in [0.25, 0.3) is 0 Å². The van der Waals surface area contributed by atoms with E-state index < -0.39 is 0 Å². The minimum Gasteiger partial charge on any atom is -0.372 e. The van der Waals surface area contributed by atoms with E-state index in [2.05, 4.69) is 48.0 Å². The Morgan fingerprint density at radius 3 is 2.62 bits per heavy atom. The van der Waals surface area contributed by atoms with Crippen molar-refractivity contribution in [3.63, 3.8) is 0 Å². The van der Waals surface area contributed by atoms with Gasteiger partial charge in [-0.3, -0.25) is 0 Å². The van der Waals surface area contributed by atoms with Crippen LogP contribution in [0, 0.1) is 11.3 Å². The molecule has 0 N–H and O–H groups in total. The third-order valence-corrected chi connectivity index (χ3v) is 5.43. The summed E-state index contributed by atoms with van der Waals surface area (Å²) in [5, 5.41) is 9.02. The van der Waals surface area contributed by atoms with Crippen LogP contribution in [-0.4, -0.2) is 35.3 Å². The van der Waals surface area contributed by atoms with E-state index in [9.17, 15) is 0 Å². The van der Waals surface area contributed by atoms with Gasteiger partial charge in [-0.2, -0.15) is 5.26 Å². The van der Waals surface area contributed by atoms with Gasteiger partial charge in [0.05, 0.1) is 12.2 Å². The minimum absolute atomic E-state index is 0.235. The number of nitriles is 1. The fraction of sp³-hybridized carbons (Fsp3) is 0.476. The number of pyridine rings is 2. The molecule has 0 radical (unpaired) electrons. The van der Waals surface area contributed by atoms with Crippen molar-refractivity contribution in [1.82, 2.24) is 9.97 Å². The summed E-state index contributed by atoms with van der Waals surface area (Å²) in [5.74, 6) is 2.06. The van der Waals surface area contributed by atoms with E-state index in [1.807, 2.05) is 12.1 Å². The van der Waals surface area contributed by atoms with Crippen LogP contribution in [0.1, 0.15) is 55.5 Å². The smallest absolute Gasteiger partial charge is 0.140 e. The Hall–Kier alpha value is -2.45. The maximum absolute atomic E-state index is 9.02. The van der Waals surface area contributed by atoms with Gasteiger partial charge in [-0.15, -0.1) is 0 Å². The van der Waals surface area contributed by atoms with E-state index in [4.69, 9.17) is 15.0 Å². The Labute approximate surface area is 154 Å². The molecule has 26 heavy (non-hydrogen) atoms. The molecule has 3 heterocycles. The predicted molar refractivity (Wildman–Crippen MR) is 100 cm³/mol. The second kappa shape index (κ2) is 7.05. The molecule has 5 heteroatoms. The number of ether oxygens (including phenoxy) is 1. The van der Waals surface area contributed by atoms with Crippen LogP contribution < -0.4 is 4.90 Å². The highest BCUT2D eigenvalue weighted by Crippen LogP contribution is 2.47. The molecule has 0 amide bonds. The van der Waals surface area contributed by atoms with Crippen molar-refractivity contribution in [2.75, 3.05) is 18.0 Å². The van der Waals surface area contributed by atoms with Gasteiger partial charge in [0.15, 0.2) is 0 Å². The van der Waals surface area contributed by atoms with Crippen LogP contribution in [0.2, 0.25) is 0 Å². The summed E-state index contributed by atoms with van der Waals surface area (Å²) in [6, 6.07) is 12.4. The van der Waals surface area contributed by atoms with E-state index in [1.54, 1.807) is 6.20 Å². The molecule has 1 saturated heterocycles. The van der Waals surface area contributed by atoms with Gasteiger partial charge in [-0.05, 0) is 62.4 Å². The summed E-state index contributed by atoms with van der Waals surface area (Å²) in [7, 11) is 0. The van der Waals surface area contributed by atoms with Crippen molar-refractivity contribution in [2.45, 2.75) is 50.7 Å². The van der Waals surface area contributed by atoms with Crippen molar-refractivity contribution in [3.8, 4) is 6.07 Å². The number of anilines is 1. The fourth-order valence-electron chi connectivity index (χ4n) is 4.10. The molecule has 2 aromatic rings. The molecule has 2 fully saturated rings. The summed E-state index contributed by atoms with van der Waals surface area (Å²) in [6.45, 7) is 6.02. The number of hydrogen-bond donors (Lipinski definition) is 0. The molecule has 134 valence electrons. The third kappa shape index (κ3) is 3.42. The third-order valence-electron chi connectivity index (χ3n) is 5.43. The zero-order valence-electron chi connectivity index (χ0n) is 15.3. The molecule has 1 aliphatic carbocycles. The largest absolute Gasteiger partial charge is 0.372 e. The van der Waals surface area contributed by atoms with Crippen molar-refractivity contribution in [1.29, 1.82) is 5.26 Å². The quantitative estimate of drug-likeness (QED) is 0.848. The number of morpholine rings is 1. The number of hydrogen-bond acceptors (Lipinski definition) is 5. The first-order valence-electron chi connectivity index (χ1n) is 9.36. The van der Waals surface area contributed by atoms with Gasteiger partial charge >= 0.3 is 0 Å². The lowest BCUT2D eigenvalue weighted by atomic mass is 9.70. The zero-order chi connectivity index (χ0) is 18.1. The maximum Gasteiger partial charge on any atom is 0.140 e. The molecule has 0 aromatic carbocycles. The Kier molecular flexibility index (Phi) is 4.60. The summed E-state index contributed by atoms with van der Waals surface area (Å²) in [4.78, 5) is 11.4. The normalized spacial score (nSPS) is 28.3. The van der Waals surface area contributed by atoms with Crippen LogP contribution in [0.15, 0.2) is 36.5 Å². The summed E-state index contributed by atoms with van der Waals surface area (Å²) >= 11 is 0. The Morgan fingerprint density at radius 2 is 1.88 bits per heavy atom. The van der Waals surface area contributed by atoms with Crippen LogP contribution in [-0.2, 0) is 4.74 Å². The van der Waals surface area contributed by atoms with Gasteiger partial charge in [0.1, 0.15) is 17.6 Å². The van der Waals surface area contributed by atoms with Gasteiger partial charge in [0.2, 0.25) is 0 Å². The van der Waals surface area contributed by atoms with Gasteiger partial charge in [0.25, 0.3) is 0 Å². The highest BCUT2D eigenvalue weighted by molar-refractivity contribution is 5.41. The van der Waals surface area contributed by atoms with Crippen molar-refractivity contribution in [2.24, 2.45) is 0 Å². The van der Waals surface area contributed by atoms with Crippen LogP contribution >= 0.6 is 0 Å². The van der Waals surface area contributed by atoms with Gasteiger partial charge in [0, 0.05) is 30.9 Å². The second-order valence-corrected chi connectivity index (χ2v) is 7.53. The Balaban J connectivity index is 1.44. The fourth-order valence-corrected chi connectivity index (χ4v) is 4.10. The van der Waals surface area contributed by atoms with E-state index in [1.165, 1.54) is 11.3 Å². The highest BCUT2D eigenvalue weighted by atomic mass is 16.5. The van der Waals surface area contributed by atoms with Crippen LogP contribution in [0.3, 0.4) is 0 Å². The average molecular weight is 348 g/mol. The lowest BCUT2D eigenvalue weighted by molar-refractivity contribution is -0.00547. The minimum atomic E-state index is 0.235. The first-order chi connectivity index (χ1) is 12.6. The molecule has 1 saturated carbocycles. The van der Waals surface area contributed by atoms with Crippen molar-refractivity contribution in [3.05, 3.63) is 53.5 Å². The van der Waals surface area contributed by atoms with Crippen LogP contribution in [0.5, 0.6) is 0 Å². The first-order valence-corrected chi connectivity index (χ1v) is 9.36. The van der Waals surface area contributed by atoms with Gasteiger partial charge in [-0.1, -0.05) is 6.07 Å². The highest BCUT2D eigenvalue weighted by Gasteiger charge is 2.33. The molecule has 4 rings (SSSR count). The maximum atomic E-state index is 9.02. The zero-order valence-corrected chi connectivity index (χ0v) is 15.3. The molecule has 2 aliphatic rings. The average Bonchev–Trinajstić information content (AvgIpc) is 2.60. The molecule has 2 aromatic heterocycles. The summed E-state index contributed by atoms with van der Waals surface area (Å²) < 4.78 is 5.83. The van der Waals surface area contributed by atoms with Crippen molar-refractivity contribution >= 4 is 5.82 Å². The first kappa shape index (κ1) is 17.0. The SMILES string of the molecule is C[C@@H]1CN(c2cccc(C3CC(c4ccnc(C#N)c4)C3)n2)C[C@H](C)O1. The molecule has 0 unspecified atom stereocenters. The number of rotatable bonds is 3. The monoisotopic (exact) mass is 348 g/mol. The van der Waals surface area contributed by atoms with E-state index in [-0.39, 0.29) is 12.2 Å². The molecule has 2 atom stereocenters. The predicted octanol–water partition coefficient (Wildman–Crippen LogP) is 3.62. The van der Waals surface area contributed by atoms with Gasteiger partial charge < -0.3 is 9.64 Å². The Bertz CT molecular complexity index is 815. The lowest BCUT2D eigenvalue weighted by Crippen LogP contribution is -2.45. The molecule has 0 spiro atoms. The molecular weight excluding hydrogens is 324 g/mol. The molecular formula is C21H24N4O. The van der Waals surface area contributed by atoms with Gasteiger partial charge in [-0.25, -0.2) is 9.97 Å². The molecule has 0 bridgehead atoms. The standard InChI is InChI=1S/C21H24N4O/c1-14-12-25(13-15(2)26-14)21-5-3-4-20(24-21)18-8-17(9-18)16-6-7-23-19(10-16)11-22/h3-7,10,14-15,17-18H,8-9,12-13H2,1-2H3/t14-,15+,17?,18?. The summed E-state index contributed by atoms with van der Waals surface area (Å²) in [5.41, 5.74) is 2.90. The van der Waals surface area contributed by atoms with E-state index >= 15 is 0 Å². The van der Waals surface area contributed by atoms with E-state index in [0.29, 0.717) is 17.5 Å². The lowest BCUT2D eigenvalue weighted by Gasteiger charge is -2.38. The topological polar surface area (TPSA) is 62.0 Å². The van der Waals surface area contributed by atoms with Crippen LogP contribution in [0.4, 0.5) is 5.82 Å². The molecule has 1 aliphatic heterocycles. The number of nitrogens with zero attached hydrogens (tertiary/aromatic N) is 4.